The number of ether oxygens (including phenoxy) is 2. The molecule has 1 heterocycles. The zero-order chi connectivity index (χ0) is 21.3. The molecule has 1 aliphatic carbocycles. The van der Waals surface area contributed by atoms with Crippen LogP contribution < -0.4 is 14.9 Å². The van der Waals surface area contributed by atoms with Gasteiger partial charge in [0.25, 0.3) is 0 Å². The maximum Gasteiger partial charge on any atom is 0.573 e. The summed E-state index contributed by atoms with van der Waals surface area (Å²) in [5.74, 6) is 0.520. The van der Waals surface area contributed by atoms with Gasteiger partial charge in [-0.2, -0.15) is 0 Å². The first-order valence-electron chi connectivity index (χ1n) is 9.69. The number of nitrogens with one attached hydrogen (secondary N) is 1. The normalized spacial score (nSPS) is 13.6. The van der Waals surface area contributed by atoms with Crippen molar-refractivity contribution in [3.63, 3.8) is 0 Å². The van der Waals surface area contributed by atoms with Crippen LogP contribution in [-0.4, -0.2) is 11.3 Å². The molecular weight excluding hydrogens is 395 g/mol. The first-order chi connectivity index (χ1) is 14.3. The van der Waals surface area contributed by atoms with Crippen LogP contribution in [0.5, 0.6) is 17.2 Å². The van der Waals surface area contributed by atoms with Gasteiger partial charge in [-0.15, -0.1) is 13.2 Å². The maximum absolute atomic E-state index is 13.1. The summed E-state index contributed by atoms with van der Waals surface area (Å²) in [4.78, 5) is 16.5. The van der Waals surface area contributed by atoms with Crippen molar-refractivity contribution < 1.29 is 22.6 Å². The number of fused-ring (bicyclic) bond motifs is 1. The Bertz CT molecular complexity index is 1120. The van der Waals surface area contributed by atoms with Gasteiger partial charge in [0, 0.05) is 22.5 Å². The summed E-state index contributed by atoms with van der Waals surface area (Å²) in [5.41, 5.74) is 4.10. The molecule has 0 aliphatic heterocycles. The maximum atomic E-state index is 13.1. The highest BCUT2D eigenvalue weighted by Crippen LogP contribution is 2.30. The predicted molar refractivity (Wildman–Crippen MR) is 107 cm³/mol. The molecule has 7 heteroatoms. The highest BCUT2D eigenvalue weighted by molar-refractivity contribution is 5.68. The molecule has 3 aromatic rings. The summed E-state index contributed by atoms with van der Waals surface area (Å²) < 4.78 is 46.5. The number of pyridine rings is 1. The second kappa shape index (κ2) is 7.89. The number of aryl methyl sites for hydroxylation is 2. The van der Waals surface area contributed by atoms with E-state index < -0.39 is 6.36 Å². The number of hydrogen-bond donors (Lipinski definition) is 1. The number of halogens is 3. The molecule has 0 bridgehead atoms. The summed E-state index contributed by atoms with van der Waals surface area (Å²) in [6.07, 6.45) is -0.979. The Balaban J connectivity index is 1.60. The number of benzene rings is 2. The van der Waals surface area contributed by atoms with E-state index in [0.717, 1.165) is 48.2 Å². The average molecular weight is 415 g/mol. The molecule has 30 heavy (non-hydrogen) atoms. The largest absolute Gasteiger partial charge is 0.573 e. The summed E-state index contributed by atoms with van der Waals surface area (Å²) in [7, 11) is 0. The standard InChI is InChI=1S/C23H20F3NO3/c1-14-21(22(28)19-7-2-3-8-20(19)27-14)15-5-4-6-18(13-15)29-16-9-11-17(12-10-16)30-23(24,25)26/h4-6,9-13H,2-3,7-8H2,1H3,(H,27,28). The van der Waals surface area contributed by atoms with Gasteiger partial charge in [0.15, 0.2) is 5.43 Å². The monoisotopic (exact) mass is 415 g/mol. The van der Waals surface area contributed by atoms with Gasteiger partial charge < -0.3 is 14.5 Å². The van der Waals surface area contributed by atoms with Crippen molar-refractivity contribution in [3.8, 4) is 28.4 Å². The third kappa shape index (κ3) is 4.35. The lowest BCUT2D eigenvalue weighted by Crippen LogP contribution is -2.21. The molecule has 156 valence electrons. The Labute approximate surface area is 171 Å². The van der Waals surface area contributed by atoms with Crippen molar-refractivity contribution in [2.45, 2.75) is 39.0 Å². The lowest BCUT2D eigenvalue weighted by molar-refractivity contribution is -0.274. The molecule has 4 rings (SSSR count). The van der Waals surface area contributed by atoms with E-state index in [0.29, 0.717) is 17.1 Å². The minimum atomic E-state index is -4.74. The lowest BCUT2D eigenvalue weighted by Gasteiger charge is -2.18. The molecule has 0 fully saturated rings. The number of hydrogen-bond acceptors (Lipinski definition) is 3. The van der Waals surface area contributed by atoms with Crippen LogP contribution in [0.25, 0.3) is 11.1 Å². The van der Waals surface area contributed by atoms with Gasteiger partial charge in [0.2, 0.25) is 0 Å². The van der Waals surface area contributed by atoms with Crippen LogP contribution in [0.3, 0.4) is 0 Å². The summed E-state index contributed by atoms with van der Waals surface area (Å²) in [5, 5.41) is 0. The van der Waals surface area contributed by atoms with Crippen molar-refractivity contribution in [3.05, 3.63) is 75.7 Å². The van der Waals surface area contributed by atoms with Gasteiger partial charge in [-0.05, 0) is 74.6 Å². The molecule has 4 nitrogen and oxygen atoms in total. The third-order valence-electron chi connectivity index (χ3n) is 5.10. The highest BCUT2D eigenvalue weighted by Gasteiger charge is 2.31. The van der Waals surface area contributed by atoms with Gasteiger partial charge >= 0.3 is 6.36 Å². The number of alkyl halides is 3. The number of aromatic nitrogens is 1. The molecule has 0 radical (unpaired) electrons. The van der Waals surface area contributed by atoms with Crippen LogP contribution in [0.2, 0.25) is 0 Å². The molecule has 1 aromatic heterocycles. The zero-order valence-electron chi connectivity index (χ0n) is 16.3. The molecule has 0 amide bonds. The van der Waals surface area contributed by atoms with Crippen molar-refractivity contribution >= 4 is 0 Å². The van der Waals surface area contributed by atoms with E-state index in [4.69, 9.17) is 4.74 Å². The van der Waals surface area contributed by atoms with Crippen LogP contribution in [0.4, 0.5) is 13.2 Å². The first kappa shape index (κ1) is 20.1. The van der Waals surface area contributed by atoms with E-state index in [9.17, 15) is 18.0 Å². The van der Waals surface area contributed by atoms with Crippen LogP contribution in [0, 0.1) is 6.92 Å². The lowest BCUT2D eigenvalue weighted by atomic mass is 9.91. The highest BCUT2D eigenvalue weighted by atomic mass is 19.4. The van der Waals surface area contributed by atoms with Crippen LogP contribution in [0.1, 0.15) is 29.8 Å². The van der Waals surface area contributed by atoms with E-state index >= 15 is 0 Å². The Morgan fingerprint density at radius 3 is 2.37 bits per heavy atom. The fourth-order valence-corrected chi connectivity index (χ4v) is 3.81. The third-order valence-corrected chi connectivity index (χ3v) is 5.10. The average Bonchev–Trinajstić information content (AvgIpc) is 2.69. The minimum absolute atomic E-state index is 0.0479. The van der Waals surface area contributed by atoms with E-state index in [-0.39, 0.29) is 11.2 Å². The summed E-state index contributed by atoms with van der Waals surface area (Å²) in [6.45, 7) is 1.89. The minimum Gasteiger partial charge on any atom is -0.457 e. The van der Waals surface area contributed by atoms with Gasteiger partial charge in [-0.1, -0.05) is 12.1 Å². The topological polar surface area (TPSA) is 51.3 Å². The molecule has 0 saturated carbocycles. The molecule has 0 unspecified atom stereocenters. The Hall–Kier alpha value is -3.22. The first-order valence-corrected chi connectivity index (χ1v) is 9.69. The van der Waals surface area contributed by atoms with Crippen molar-refractivity contribution in [1.82, 2.24) is 4.98 Å². The quantitative estimate of drug-likeness (QED) is 0.575. The molecule has 0 saturated heterocycles. The van der Waals surface area contributed by atoms with E-state index in [2.05, 4.69) is 9.72 Å². The van der Waals surface area contributed by atoms with E-state index in [1.54, 1.807) is 18.2 Å². The van der Waals surface area contributed by atoms with Crippen LogP contribution >= 0.6 is 0 Å². The second-order valence-corrected chi connectivity index (χ2v) is 7.27. The van der Waals surface area contributed by atoms with E-state index in [1.807, 2.05) is 13.0 Å². The number of H-pyrrole nitrogens is 1. The SMILES string of the molecule is Cc1[nH]c2c(c(=O)c1-c1cccc(Oc3ccc(OC(F)(F)F)cc3)c1)CCCC2. The summed E-state index contributed by atoms with van der Waals surface area (Å²) in [6, 6.07) is 12.3. The molecule has 0 atom stereocenters. The van der Waals surface area contributed by atoms with Gasteiger partial charge in [-0.25, -0.2) is 0 Å². The van der Waals surface area contributed by atoms with Crippen LogP contribution in [0.15, 0.2) is 53.3 Å². The smallest absolute Gasteiger partial charge is 0.457 e. The van der Waals surface area contributed by atoms with E-state index in [1.165, 1.54) is 24.3 Å². The molecule has 0 spiro atoms. The Morgan fingerprint density at radius 2 is 1.63 bits per heavy atom. The van der Waals surface area contributed by atoms with Gasteiger partial charge in [0.05, 0.1) is 0 Å². The molecule has 2 aromatic carbocycles. The number of aromatic amines is 1. The van der Waals surface area contributed by atoms with Crippen LogP contribution in [-0.2, 0) is 12.8 Å². The van der Waals surface area contributed by atoms with Crippen molar-refractivity contribution in [1.29, 1.82) is 0 Å². The van der Waals surface area contributed by atoms with Gasteiger partial charge in [0.1, 0.15) is 17.2 Å². The predicted octanol–water partition coefficient (Wildman–Crippen LogP) is 5.92. The Kier molecular flexibility index (Phi) is 5.28. The van der Waals surface area contributed by atoms with Crippen molar-refractivity contribution in [2.75, 3.05) is 0 Å². The fraction of sp³-hybridized carbons (Fsp3) is 0.261. The molecule has 1 aliphatic rings. The number of rotatable bonds is 4. The second-order valence-electron chi connectivity index (χ2n) is 7.27. The van der Waals surface area contributed by atoms with Gasteiger partial charge in [-0.3, -0.25) is 4.79 Å². The Morgan fingerprint density at radius 1 is 0.933 bits per heavy atom. The molecule has 1 N–H and O–H groups in total. The molecular formula is C23H20F3NO3. The summed E-state index contributed by atoms with van der Waals surface area (Å²) >= 11 is 0. The van der Waals surface area contributed by atoms with Crippen molar-refractivity contribution in [2.24, 2.45) is 0 Å². The zero-order valence-corrected chi connectivity index (χ0v) is 16.3. The fourth-order valence-electron chi connectivity index (χ4n) is 3.81.